The molecule has 486 valence electrons. The standard InChI is InChI=1S/C63H122O17P2/c1-7-9-11-13-14-15-19-23-28-34-40-46-61(66)74-52-59(80-62(67)47-41-35-29-24-21-18-16-17-20-22-26-32-37-43-55(3)4)54-78-82(71,72)76-50-57(64)49-75-81(69,70)77-53-58(51-73-60(65)45-39-31-12-10-8-2)79-63(68)48-42-36-30-25-27-33-38-44-56(5)6/h55-59,64H,7-54H2,1-6H3,(H,69,70)(H,71,72)/t57-,58+,59+/m0/s1. The van der Waals surface area contributed by atoms with Gasteiger partial charge in [-0.1, -0.05) is 260 Å². The monoisotopic (exact) mass is 1210 g/mol. The van der Waals surface area contributed by atoms with Gasteiger partial charge >= 0.3 is 39.5 Å². The topological polar surface area (TPSA) is 237 Å². The maximum atomic E-state index is 13.0. The van der Waals surface area contributed by atoms with Crippen molar-refractivity contribution in [2.75, 3.05) is 39.6 Å². The van der Waals surface area contributed by atoms with E-state index < -0.39 is 97.5 Å². The normalized spacial score (nSPS) is 14.3. The average molecular weight is 1210 g/mol. The highest BCUT2D eigenvalue weighted by Crippen LogP contribution is 2.45. The van der Waals surface area contributed by atoms with Gasteiger partial charge < -0.3 is 33.8 Å². The van der Waals surface area contributed by atoms with Gasteiger partial charge in [-0.3, -0.25) is 37.3 Å². The van der Waals surface area contributed by atoms with Gasteiger partial charge in [-0.25, -0.2) is 9.13 Å². The van der Waals surface area contributed by atoms with Crippen molar-refractivity contribution < 1.29 is 80.2 Å². The first kappa shape index (κ1) is 80.1. The number of carbonyl (C=O) groups excluding carboxylic acids is 4. The van der Waals surface area contributed by atoms with Crippen LogP contribution in [-0.2, 0) is 65.4 Å². The maximum absolute atomic E-state index is 13.0. The number of unbranched alkanes of at least 4 members (excludes halogenated alkanes) is 32. The molecule has 0 aromatic rings. The Bertz CT molecular complexity index is 1620. The minimum atomic E-state index is -4.94. The van der Waals surface area contributed by atoms with Gasteiger partial charge in [0.25, 0.3) is 0 Å². The number of aliphatic hydroxyl groups is 1. The number of carbonyl (C=O) groups is 4. The second-order valence-corrected chi connectivity index (χ2v) is 26.7. The number of hydrogen-bond acceptors (Lipinski definition) is 15. The summed E-state index contributed by atoms with van der Waals surface area (Å²) in [5.41, 5.74) is 0. The molecule has 0 amide bonds. The molecule has 0 spiro atoms. The molecular formula is C63H122O17P2. The van der Waals surface area contributed by atoms with Crippen LogP contribution in [0.5, 0.6) is 0 Å². The summed E-state index contributed by atoms with van der Waals surface area (Å²) in [7, 11) is -9.88. The number of aliphatic hydroxyl groups excluding tert-OH is 1. The van der Waals surface area contributed by atoms with Gasteiger partial charge in [0, 0.05) is 25.7 Å². The van der Waals surface area contributed by atoms with Crippen LogP contribution in [0.1, 0.15) is 311 Å². The van der Waals surface area contributed by atoms with E-state index in [2.05, 4.69) is 41.5 Å². The van der Waals surface area contributed by atoms with Crippen LogP contribution in [-0.4, -0.2) is 96.7 Å². The molecule has 82 heavy (non-hydrogen) atoms. The Morgan fingerprint density at radius 3 is 0.829 bits per heavy atom. The number of hydrogen-bond donors (Lipinski definition) is 3. The Morgan fingerprint density at radius 1 is 0.329 bits per heavy atom. The van der Waals surface area contributed by atoms with Gasteiger partial charge in [0.15, 0.2) is 12.2 Å². The molecule has 0 aliphatic carbocycles. The smallest absolute Gasteiger partial charge is 0.462 e. The maximum Gasteiger partial charge on any atom is 0.472 e. The van der Waals surface area contributed by atoms with E-state index in [1.807, 2.05) is 0 Å². The summed E-state index contributed by atoms with van der Waals surface area (Å²) in [5.74, 6) is -0.664. The third kappa shape index (κ3) is 57.2. The fourth-order valence-corrected chi connectivity index (χ4v) is 10.9. The van der Waals surface area contributed by atoms with E-state index >= 15 is 0 Å². The van der Waals surface area contributed by atoms with Crippen LogP contribution >= 0.6 is 15.6 Å². The lowest BCUT2D eigenvalue weighted by Gasteiger charge is -2.21. The van der Waals surface area contributed by atoms with E-state index in [9.17, 15) is 43.2 Å². The van der Waals surface area contributed by atoms with Crippen molar-refractivity contribution in [1.82, 2.24) is 0 Å². The molecule has 0 aromatic carbocycles. The van der Waals surface area contributed by atoms with Crippen LogP contribution in [0, 0.1) is 11.8 Å². The zero-order chi connectivity index (χ0) is 60.8. The van der Waals surface area contributed by atoms with Gasteiger partial charge in [0.05, 0.1) is 26.4 Å². The SMILES string of the molecule is CCCCCCCCCCCCCC(=O)OC[C@H](COP(=O)(O)OC[C@@H](O)COP(=O)(O)OC[C@@H](COC(=O)CCCCCCC)OC(=O)CCCCCCCCCC(C)C)OC(=O)CCCCCCCCCCCCCCCC(C)C. The molecule has 0 fully saturated rings. The summed E-state index contributed by atoms with van der Waals surface area (Å²) in [6, 6.07) is 0. The molecule has 0 bridgehead atoms. The number of phosphoric acid groups is 2. The molecule has 0 aromatic heterocycles. The molecule has 0 saturated carbocycles. The van der Waals surface area contributed by atoms with E-state index in [4.69, 9.17) is 37.0 Å². The fraction of sp³-hybridized carbons (Fsp3) is 0.937. The van der Waals surface area contributed by atoms with Crippen molar-refractivity contribution in [1.29, 1.82) is 0 Å². The Balaban J connectivity index is 5.16. The van der Waals surface area contributed by atoms with Crippen LogP contribution in [0.25, 0.3) is 0 Å². The van der Waals surface area contributed by atoms with Crippen molar-refractivity contribution in [2.24, 2.45) is 11.8 Å². The van der Waals surface area contributed by atoms with E-state index in [0.29, 0.717) is 31.6 Å². The first-order valence-electron chi connectivity index (χ1n) is 33.0. The minimum absolute atomic E-state index is 0.102. The quantitative estimate of drug-likeness (QED) is 0.0222. The molecule has 0 rings (SSSR count). The van der Waals surface area contributed by atoms with Crippen LogP contribution in [0.4, 0.5) is 0 Å². The fourth-order valence-electron chi connectivity index (χ4n) is 9.35. The molecule has 5 atom stereocenters. The number of rotatable bonds is 62. The molecular weight excluding hydrogens is 1090 g/mol. The molecule has 0 radical (unpaired) electrons. The van der Waals surface area contributed by atoms with Gasteiger partial charge in [-0.15, -0.1) is 0 Å². The van der Waals surface area contributed by atoms with Crippen molar-refractivity contribution in [3.05, 3.63) is 0 Å². The molecule has 2 unspecified atom stereocenters. The van der Waals surface area contributed by atoms with E-state index in [0.717, 1.165) is 102 Å². The van der Waals surface area contributed by atoms with Crippen molar-refractivity contribution >= 4 is 39.5 Å². The molecule has 0 saturated heterocycles. The average Bonchev–Trinajstić information content (AvgIpc) is 3.44. The third-order valence-electron chi connectivity index (χ3n) is 14.5. The Morgan fingerprint density at radius 2 is 0.561 bits per heavy atom. The van der Waals surface area contributed by atoms with Gasteiger partial charge in [-0.2, -0.15) is 0 Å². The Hall–Kier alpha value is -1.94. The van der Waals surface area contributed by atoms with Crippen molar-refractivity contribution in [2.45, 2.75) is 330 Å². The second kappa shape index (κ2) is 55.6. The summed E-state index contributed by atoms with van der Waals surface area (Å²) in [6.45, 7) is 9.35. The number of ether oxygens (including phenoxy) is 4. The highest BCUT2D eigenvalue weighted by molar-refractivity contribution is 7.47. The summed E-state index contributed by atoms with van der Waals surface area (Å²) in [4.78, 5) is 71.9. The van der Waals surface area contributed by atoms with Crippen LogP contribution < -0.4 is 0 Å². The molecule has 19 heteroatoms. The summed E-state index contributed by atoms with van der Waals surface area (Å²) < 4.78 is 67.7. The summed E-state index contributed by atoms with van der Waals surface area (Å²) in [6.07, 6.45) is 38.0. The van der Waals surface area contributed by atoms with Gasteiger partial charge in [0.1, 0.15) is 19.3 Å². The lowest BCUT2D eigenvalue weighted by molar-refractivity contribution is -0.161. The molecule has 17 nitrogen and oxygen atoms in total. The van der Waals surface area contributed by atoms with Crippen LogP contribution in [0.3, 0.4) is 0 Å². The van der Waals surface area contributed by atoms with Crippen molar-refractivity contribution in [3.8, 4) is 0 Å². The first-order valence-corrected chi connectivity index (χ1v) is 36.0. The number of phosphoric ester groups is 2. The van der Waals surface area contributed by atoms with E-state index in [1.54, 1.807) is 0 Å². The lowest BCUT2D eigenvalue weighted by atomic mass is 10.0. The highest BCUT2D eigenvalue weighted by atomic mass is 31.2. The minimum Gasteiger partial charge on any atom is -0.462 e. The van der Waals surface area contributed by atoms with Crippen LogP contribution in [0.15, 0.2) is 0 Å². The Kier molecular flexibility index (Phi) is 54.3. The predicted octanol–water partition coefficient (Wildman–Crippen LogP) is 17.3. The first-order chi connectivity index (χ1) is 39.4. The van der Waals surface area contributed by atoms with Gasteiger partial charge in [0.2, 0.25) is 0 Å². The van der Waals surface area contributed by atoms with Gasteiger partial charge in [-0.05, 0) is 37.5 Å². The molecule has 0 heterocycles. The largest absolute Gasteiger partial charge is 0.472 e. The molecule has 0 aliphatic heterocycles. The van der Waals surface area contributed by atoms with E-state index in [1.165, 1.54) is 122 Å². The number of esters is 4. The predicted molar refractivity (Wildman–Crippen MR) is 326 cm³/mol. The zero-order valence-electron chi connectivity index (χ0n) is 52.8. The van der Waals surface area contributed by atoms with Crippen molar-refractivity contribution in [3.63, 3.8) is 0 Å². The molecule has 3 N–H and O–H groups in total. The Labute approximate surface area is 498 Å². The lowest BCUT2D eigenvalue weighted by Crippen LogP contribution is -2.30. The summed E-state index contributed by atoms with van der Waals surface area (Å²) >= 11 is 0. The summed E-state index contributed by atoms with van der Waals surface area (Å²) in [5, 5.41) is 10.5. The second-order valence-electron chi connectivity index (χ2n) is 23.7. The highest BCUT2D eigenvalue weighted by Gasteiger charge is 2.30. The third-order valence-corrected chi connectivity index (χ3v) is 16.4. The zero-order valence-corrected chi connectivity index (χ0v) is 54.6. The van der Waals surface area contributed by atoms with Crippen LogP contribution in [0.2, 0.25) is 0 Å². The van der Waals surface area contributed by atoms with E-state index in [-0.39, 0.29) is 25.7 Å². The molecule has 0 aliphatic rings.